The largest absolute Gasteiger partial charge is 0.494 e. The first kappa shape index (κ1) is 16.3. The highest BCUT2D eigenvalue weighted by molar-refractivity contribution is 5.27. The van der Waals surface area contributed by atoms with Gasteiger partial charge in [-0.2, -0.15) is 0 Å². The van der Waals surface area contributed by atoms with Crippen LogP contribution in [0.2, 0.25) is 0 Å². The monoisotopic (exact) mass is 290 g/mol. The van der Waals surface area contributed by atoms with E-state index in [0.717, 1.165) is 25.3 Å². The number of likely N-dealkylation sites (tertiary alicyclic amines) is 1. The Morgan fingerprint density at radius 3 is 2.48 bits per heavy atom. The van der Waals surface area contributed by atoms with Crippen molar-refractivity contribution in [3.63, 3.8) is 0 Å². The van der Waals surface area contributed by atoms with Crippen molar-refractivity contribution in [2.75, 3.05) is 26.2 Å². The van der Waals surface area contributed by atoms with Crippen LogP contribution in [0.15, 0.2) is 24.3 Å². The van der Waals surface area contributed by atoms with Crippen LogP contribution in [-0.2, 0) is 6.54 Å². The molecule has 0 unspecified atom stereocenters. The average molecular weight is 290 g/mol. The number of hydrogen-bond acceptors (Lipinski definition) is 3. The molecule has 1 saturated heterocycles. The number of ether oxygens (including phenoxy) is 1. The van der Waals surface area contributed by atoms with Crippen molar-refractivity contribution in [1.29, 1.82) is 0 Å². The smallest absolute Gasteiger partial charge is 0.119 e. The van der Waals surface area contributed by atoms with Gasteiger partial charge in [-0.3, -0.25) is 0 Å². The second-order valence-electron chi connectivity index (χ2n) is 5.94. The molecule has 1 aliphatic heterocycles. The standard InChI is InChI=1S/C18H30N2O/c1-3-5-14-21-18-8-6-16(7-9-18)15-19-17-10-12-20(4-2)13-11-17/h6-9,17,19H,3-5,10-15H2,1-2H3. The van der Waals surface area contributed by atoms with Crippen molar-refractivity contribution in [2.45, 2.75) is 52.1 Å². The molecule has 118 valence electrons. The summed E-state index contributed by atoms with van der Waals surface area (Å²) in [5.74, 6) is 0.989. The molecule has 3 nitrogen and oxygen atoms in total. The summed E-state index contributed by atoms with van der Waals surface area (Å²) >= 11 is 0. The topological polar surface area (TPSA) is 24.5 Å². The molecule has 0 atom stereocenters. The van der Waals surface area contributed by atoms with Crippen LogP contribution < -0.4 is 10.1 Å². The maximum absolute atomic E-state index is 5.69. The Labute approximate surface area is 129 Å². The van der Waals surface area contributed by atoms with E-state index >= 15 is 0 Å². The molecule has 0 aliphatic carbocycles. The minimum Gasteiger partial charge on any atom is -0.494 e. The summed E-state index contributed by atoms with van der Waals surface area (Å²) in [6.07, 6.45) is 4.84. The van der Waals surface area contributed by atoms with Crippen molar-refractivity contribution in [2.24, 2.45) is 0 Å². The lowest BCUT2D eigenvalue weighted by Crippen LogP contribution is -2.42. The first-order valence-corrected chi connectivity index (χ1v) is 8.49. The fourth-order valence-electron chi connectivity index (χ4n) is 2.75. The number of rotatable bonds is 8. The minimum atomic E-state index is 0.674. The van der Waals surface area contributed by atoms with Crippen molar-refractivity contribution in [3.8, 4) is 5.75 Å². The van der Waals surface area contributed by atoms with Gasteiger partial charge in [0.2, 0.25) is 0 Å². The Bertz CT molecular complexity index is 383. The van der Waals surface area contributed by atoms with E-state index < -0.39 is 0 Å². The molecule has 21 heavy (non-hydrogen) atoms. The van der Waals surface area contributed by atoms with Gasteiger partial charge in [0.25, 0.3) is 0 Å². The van der Waals surface area contributed by atoms with Crippen LogP contribution in [0.3, 0.4) is 0 Å². The second-order valence-corrected chi connectivity index (χ2v) is 5.94. The van der Waals surface area contributed by atoms with E-state index in [0.29, 0.717) is 6.04 Å². The van der Waals surface area contributed by atoms with Crippen LogP contribution in [0.25, 0.3) is 0 Å². The van der Waals surface area contributed by atoms with Crippen LogP contribution in [0.4, 0.5) is 0 Å². The average Bonchev–Trinajstić information content (AvgIpc) is 2.55. The lowest BCUT2D eigenvalue weighted by atomic mass is 10.0. The summed E-state index contributed by atoms with van der Waals surface area (Å²) in [7, 11) is 0. The van der Waals surface area contributed by atoms with E-state index in [4.69, 9.17) is 4.74 Å². The second kappa shape index (κ2) is 9.06. The zero-order valence-electron chi connectivity index (χ0n) is 13.6. The van der Waals surface area contributed by atoms with Crippen LogP contribution >= 0.6 is 0 Å². The van der Waals surface area contributed by atoms with Crippen LogP contribution in [-0.4, -0.2) is 37.2 Å². The number of hydrogen-bond donors (Lipinski definition) is 1. The molecule has 1 N–H and O–H groups in total. The lowest BCUT2D eigenvalue weighted by molar-refractivity contribution is 0.206. The maximum atomic E-state index is 5.69. The van der Waals surface area contributed by atoms with Crippen molar-refractivity contribution < 1.29 is 4.74 Å². The number of unbranched alkanes of at least 4 members (excludes halogenated alkanes) is 1. The maximum Gasteiger partial charge on any atom is 0.119 e. The highest BCUT2D eigenvalue weighted by Gasteiger charge is 2.17. The SMILES string of the molecule is CCCCOc1ccc(CNC2CCN(CC)CC2)cc1. The summed E-state index contributed by atoms with van der Waals surface area (Å²) in [6, 6.07) is 9.21. The van der Waals surface area contributed by atoms with Crippen molar-refractivity contribution in [3.05, 3.63) is 29.8 Å². The summed E-state index contributed by atoms with van der Waals surface area (Å²) in [5.41, 5.74) is 1.34. The number of nitrogens with one attached hydrogen (secondary N) is 1. The van der Waals surface area contributed by atoms with Crippen LogP contribution in [0, 0.1) is 0 Å². The normalized spacial score (nSPS) is 17.0. The van der Waals surface area contributed by atoms with Gasteiger partial charge in [0.1, 0.15) is 5.75 Å². The van der Waals surface area contributed by atoms with Gasteiger partial charge in [0, 0.05) is 12.6 Å². The molecule has 0 bridgehead atoms. The quantitative estimate of drug-likeness (QED) is 0.742. The lowest BCUT2D eigenvalue weighted by Gasteiger charge is -2.31. The van der Waals surface area contributed by atoms with Gasteiger partial charge in [-0.15, -0.1) is 0 Å². The van der Waals surface area contributed by atoms with Crippen LogP contribution in [0.1, 0.15) is 45.1 Å². The molecule has 1 aromatic carbocycles. The molecule has 0 amide bonds. The van der Waals surface area contributed by atoms with Gasteiger partial charge in [-0.05, 0) is 56.6 Å². The van der Waals surface area contributed by atoms with Crippen molar-refractivity contribution >= 4 is 0 Å². The summed E-state index contributed by atoms with van der Waals surface area (Å²) in [4.78, 5) is 2.53. The molecule has 1 fully saturated rings. The predicted molar refractivity (Wildman–Crippen MR) is 88.8 cm³/mol. The molecule has 2 rings (SSSR count). The number of nitrogens with zero attached hydrogens (tertiary/aromatic N) is 1. The summed E-state index contributed by atoms with van der Waals surface area (Å²) in [6.45, 7) is 9.88. The third-order valence-corrected chi connectivity index (χ3v) is 4.32. The molecular weight excluding hydrogens is 260 g/mol. The molecule has 0 saturated carbocycles. The highest BCUT2D eigenvalue weighted by atomic mass is 16.5. The first-order chi connectivity index (χ1) is 10.3. The third-order valence-electron chi connectivity index (χ3n) is 4.32. The molecule has 0 aromatic heterocycles. The van der Waals surface area contributed by atoms with Crippen LogP contribution in [0.5, 0.6) is 5.75 Å². The fourth-order valence-corrected chi connectivity index (χ4v) is 2.75. The molecule has 1 heterocycles. The van der Waals surface area contributed by atoms with E-state index in [-0.39, 0.29) is 0 Å². The zero-order valence-corrected chi connectivity index (χ0v) is 13.6. The van der Waals surface area contributed by atoms with Gasteiger partial charge >= 0.3 is 0 Å². The molecule has 3 heteroatoms. The van der Waals surface area contributed by atoms with Gasteiger partial charge in [0.05, 0.1) is 6.61 Å². The fraction of sp³-hybridized carbons (Fsp3) is 0.667. The zero-order chi connectivity index (χ0) is 14.9. The molecule has 1 aliphatic rings. The van der Waals surface area contributed by atoms with Gasteiger partial charge in [-0.25, -0.2) is 0 Å². The Morgan fingerprint density at radius 2 is 1.86 bits per heavy atom. The Hall–Kier alpha value is -1.06. The Kier molecular flexibility index (Phi) is 7.04. The molecular formula is C18H30N2O. The van der Waals surface area contributed by atoms with Gasteiger partial charge in [0.15, 0.2) is 0 Å². The van der Waals surface area contributed by atoms with Gasteiger partial charge < -0.3 is 15.0 Å². The van der Waals surface area contributed by atoms with Gasteiger partial charge in [-0.1, -0.05) is 32.4 Å². The first-order valence-electron chi connectivity index (χ1n) is 8.49. The molecule has 1 aromatic rings. The molecule has 0 spiro atoms. The molecule has 0 radical (unpaired) electrons. The van der Waals surface area contributed by atoms with E-state index in [1.54, 1.807) is 0 Å². The third kappa shape index (κ3) is 5.68. The Balaban J connectivity index is 1.69. The van der Waals surface area contributed by atoms with E-state index in [1.165, 1.54) is 44.5 Å². The van der Waals surface area contributed by atoms with E-state index in [1.807, 2.05) is 0 Å². The van der Waals surface area contributed by atoms with E-state index in [2.05, 4.69) is 48.3 Å². The predicted octanol–water partition coefficient (Wildman–Crippen LogP) is 3.44. The van der Waals surface area contributed by atoms with E-state index in [9.17, 15) is 0 Å². The number of piperidine rings is 1. The summed E-state index contributed by atoms with van der Waals surface area (Å²) in [5, 5.41) is 3.69. The number of benzene rings is 1. The minimum absolute atomic E-state index is 0.674. The summed E-state index contributed by atoms with van der Waals surface area (Å²) < 4.78 is 5.69. The highest BCUT2D eigenvalue weighted by Crippen LogP contribution is 2.14. The Morgan fingerprint density at radius 1 is 1.14 bits per heavy atom. The van der Waals surface area contributed by atoms with Crippen molar-refractivity contribution in [1.82, 2.24) is 10.2 Å².